The smallest absolute Gasteiger partial charge is 0.274 e. The van der Waals surface area contributed by atoms with Crippen molar-refractivity contribution in [2.24, 2.45) is 0 Å². The maximum Gasteiger partial charge on any atom is 0.274 e. The van der Waals surface area contributed by atoms with Crippen LogP contribution in [0.5, 0.6) is 0 Å². The van der Waals surface area contributed by atoms with Crippen LogP contribution in [0.15, 0.2) is 53.4 Å². The number of aromatic nitrogens is 2. The molecule has 0 radical (unpaired) electrons. The van der Waals surface area contributed by atoms with Crippen molar-refractivity contribution in [3.8, 4) is 16.9 Å². The van der Waals surface area contributed by atoms with Crippen molar-refractivity contribution in [1.29, 1.82) is 0 Å². The predicted octanol–water partition coefficient (Wildman–Crippen LogP) is 1.78. The molecular weight excluding hydrogens is 494 g/mol. The summed E-state index contributed by atoms with van der Waals surface area (Å²) in [7, 11) is -7.32. The summed E-state index contributed by atoms with van der Waals surface area (Å²) in [5, 5.41) is 4.61. The Hall–Kier alpha value is -3.06. The molecule has 0 bridgehead atoms. The van der Waals surface area contributed by atoms with E-state index in [0.29, 0.717) is 54.4 Å². The third-order valence-electron chi connectivity index (χ3n) is 5.89. The summed E-state index contributed by atoms with van der Waals surface area (Å²) in [5.41, 5.74) is 2.53. The summed E-state index contributed by atoms with van der Waals surface area (Å²) in [6, 6.07) is 13.5. The summed E-state index contributed by atoms with van der Waals surface area (Å²) >= 11 is 0. The van der Waals surface area contributed by atoms with E-state index < -0.39 is 20.0 Å². The molecule has 2 aromatic carbocycles. The Morgan fingerprint density at radius 1 is 1.11 bits per heavy atom. The van der Waals surface area contributed by atoms with Crippen LogP contribution in [-0.4, -0.2) is 70.0 Å². The van der Waals surface area contributed by atoms with Crippen molar-refractivity contribution < 1.29 is 30.6 Å². The molecule has 1 amide bonds. The molecule has 12 heteroatoms. The van der Waals surface area contributed by atoms with Gasteiger partial charge < -0.3 is 9.64 Å². The molecule has 184 valence electrons. The molecule has 3 heterocycles. The minimum absolute atomic E-state index is 0.0813. The van der Waals surface area contributed by atoms with Crippen LogP contribution < -0.4 is 0 Å². The van der Waals surface area contributed by atoms with Gasteiger partial charge in [0.05, 0.1) is 48.1 Å². The largest absolute Gasteiger partial charge is 0.378 e. The third kappa shape index (κ3) is 4.61. The second kappa shape index (κ2) is 8.86. The van der Waals surface area contributed by atoms with Gasteiger partial charge in [0.2, 0.25) is 0 Å². The van der Waals surface area contributed by atoms with E-state index >= 15 is 0 Å². The van der Waals surface area contributed by atoms with Crippen LogP contribution in [0.4, 0.5) is 0 Å². The zero-order chi connectivity index (χ0) is 24.8. The molecule has 1 aromatic heterocycles. The Bertz CT molecular complexity index is 1520. The molecule has 0 unspecified atom stereocenters. The van der Waals surface area contributed by atoms with Gasteiger partial charge in [-0.15, -0.1) is 0 Å². The van der Waals surface area contributed by atoms with E-state index in [9.17, 15) is 21.6 Å². The van der Waals surface area contributed by atoms with Crippen LogP contribution in [0, 0.1) is 0 Å². The molecule has 0 saturated carbocycles. The number of morpholine rings is 1. The first-order valence-corrected chi connectivity index (χ1v) is 14.4. The molecule has 3 aromatic rings. The first kappa shape index (κ1) is 23.7. The number of carbonyl (C=O) groups excluding carboxylic acids is 1. The van der Waals surface area contributed by atoms with Gasteiger partial charge in [0, 0.05) is 24.2 Å². The van der Waals surface area contributed by atoms with Gasteiger partial charge in [-0.1, -0.05) is 30.3 Å². The fourth-order valence-electron chi connectivity index (χ4n) is 4.29. The van der Waals surface area contributed by atoms with E-state index in [0.717, 1.165) is 6.26 Å². The van der Waals surface area contributed by atoms with Gasteiger partial charge in [-0.25, -0.2) is 13.1 Å². The zero-order valence-corrected chi connectivity index (χ0v) is 20.5. The fraction of sp³-hybridized carbons (Fsp3) is 0.304. The third-order valence-corrected chi connectivity index (χ3v) is 8.13. The lowest BCUT2D eigenvalue weighted by atomic mass is 10.0. The van der Waals surface area contributed by atoms with Crippen LogP contribution in [0.25, 0.3) is 16.9 Å². The molecule has 5 rings (SSSR count). The standard InChI is InChI=1S/C23H23N3O7S2/c1-34(28,29)33-14-16-5-4-6-17(13-16)26-22-18-7-2-3-8-20(18)35(30,31)15-19(22)21(24-26)23(27)25-9-11-32-12-10-25/h2-8,13H,9-12,14-15H2,1H3. The summed E-state index contributed by atoms with van der Waals surface area (Å²) in [5.74, 6) is -0.698. The number of nitrogens with zero attached hydrogens (tertiary/aromatic N) is 3. The minimum Gasteiger partial charge on any atom is -0.378 e. The highest BCUT2D eigenvalue weighted by Gasteiger charge is 2.37. The summed E-state index contributed by atoms with van der Waals surface area (Å²) in [4.78, 5) is 15.2. The Balaban J connectivity index is 1.67. The van der Waals surface area contributed by atoms with E-state index in [1.807, 2.05) is 0 Å². The number of carbonyl (C=O) groups is 1. The van der Waals surface area contributed by atoms with E-state index in [1.54, 1.807) is 58.1 Å². The van der Waals surface area contributed by atoms with Crippen molar-refractivity contribution >= 4 is 25.9 Å². The summed E-state index contributed by atoms with van der Waals surface area (Å²) in [6.07, 6.45) is 0.974. The van der Waals surface area contributed by atoms with Crippen molar-refractivity contribution in [3.63, 3.8) is 0 Å². The molecule has 1 fully saturated rings. The Kier molecular flexibility index (Phi) is 5.99. The van der Waals surface area contributed by atoms with Crippen molar-refractivity contribution in [1.82, 2.24) is 14.7 Å². The number of ether oxygens (including phenoxy) is 1. The number of hydrogen-bond acceptors (Lipinski definition) is 8. The zero-order valence-electron chi connectivity index (χ0n) is 18.9. The molecule has 35 heavy (non-hydrogen) atoms. The predicted molar refractivity (Wildman–Crippen MR) is 126 cm³/mol. The molecule has 0 spiro atoms. The molecule has 1 saturated heterocycles. The monoisotopic (exact) mass is 517 g/mol. The van der Waals surface area contributed by atoms with E-state index in [1.165, 1.54) is 0 Å². The van der Waals surface area contributed by atoms with Crippen LogP contribution in [-0.2, 0) is 41.2 Å². The SMILES string of the molecule is CS(=O)(=O)OCc1cccc(-n2nc(C(=O)N3CCOCC3)c3c2-c2ccccc2S(=O)(=O)C3)c1. The highest BCUT2D eigenvalue weighted by Crippen LogP contribution is 2.40. The highest BCUT2D eigenvalue weighted by atomic mass is 32.2. The molecular formula is C23H23N3O7S2. The lowest BCUT2D eigenvalue weighted by Gasteiger charge is -2.26. The van der Waals surface area contributed by atoms with Gasteiger partial charge in [0.25, 0.3) is 16.0 Å². The Morgan fingerprint density at radius 2 is 1.86 bits per heavy atom. The Morgan fingerprint density at radius 3 is 2.60 bits per heavy atom. The van der Waals surface area contributed by atoms with Gasteiger partial charge in [0.1, 0.15) is 0 Å². The second-order valence-electron chi connectivity index (χ2n) is 8.38. The van der Waals surface area contributed by atoms with Crippen LogP contribution in [0.1, 0.15) is 21.6 Å². The molecule has 2 aliphatic heterocycles. The Labute approximate surface area is 203 Å². The van der Waals surface area contributed by atoms with Crippen molar-refractivity contribution in [3.05, 3.63) is 65.4 Å². The summed E-state index contributed by atoms with van der Waals surface area (Å²) in [6.45, 7) is 1.42. The number of rotatable bonds is 5. The first-order chi connectivity index (χ1) is 16.6. The molecule has 10 nitrogen and oxygen atoms in total. The van der Waals surface area contributed by atoms with Gasteiger partial charge in [-0.05, 0) is 23.8 Å². The lowest BCUT2D eigenvalue weighted by Crippen LogP contribution is -2.41. The first-order valence-electron chi connectivity index (χ1n) is 10.9. The minimum atomic E-state index is -3.68. The highest BCUT2D eigenvalue weighted by molar-refractivity contribution is 7.91. The number of sulfone groups is 1. The normalized spacial score (nSPS) is 17.0. The maximum absolute atomic E-state index is 13.4. The number of benzene rings is 2. The average Bonchev–Trinajstić information content (AvgIpc) is 3.21. The quantitative estimate of drug-likeness (QED) is 0.469. The lowest BCUT2D eigenvalue weighted by molar-refractivity contribution is 0.0298. The van der Waals surface area contributed by atoms with Gasteiger partial charge in [0.15, 0.2) is 15.5 Å². The summed E-state index contributed by atoms with van der Waals surface area (Å²) < 4.78 is 60.9. The van der Waals surface area contributed by atoms with Gasteiger partial charge >= 0.3 is 0 Å². The van der Waals surface area contributed by atoms with Crippen LogP contribution in [0.2, 0.25) is 0 Å². The molecule has 2 aliphatic rings. The number of fused-ring (bicyclic) bond motifs is 3. The van der Waals surface area contributed by atoms with E-state index in [-0.39, 0.29) is 28.9 Å². The fourth-order valence-corrected chi connectivity index (χ4v) is 6.24. The van der Waals surface area contributed by atoms with E-state index in [2.05, 4.69) is 5.10 Å². The number of amides is 1. The van der Waals surface area contributed by atoms with Gasteiger partial charge in [-0.2, -0.15) is 13.5 Å². The number of hydrogen-bond donors (Lipinski definition) is 0. The van der Waals surface area contributed by atoms with Crippen molar-refractivity contribution in [2.45, 2.75) is 17.3 Å². The second-order valence-corrected chi connectivity index (χ2v) is 12.0. The van der Waals surface area contributed by atoms with E-state index in [4.69, 9.17) is 8.92 Å². The van der Waals surface area contributed by atoms with Crippen LogP contribution >= 0.6 is 0 Å². The molecule has 0 atom stereocenters. The van der Waals surface area contributed by atoms with Crippen molar-refractivity contribution in [2.75, 3.05) is 32.6 Å². The van der Waals surface area contributed by atoms with Gasteiger partial charge in [-0.3, -0.25) is 8.98 Å². The molecule has 0 N–H and O–H groups in total. The van der Waals surface area contributed by atoms with Crippen LogP contribution in [0.3, 0.4) is 0 Å². The molecule has 0 aliphatic carbocycles. The topological polar surface area (TPSA) is 125 Å². The maximum atomic E-state index is 13.4. The average molecular weight is 518 g/mol.